The monoisotopic (exact) mass is 334 g/mol. The second-order valence-electron chi connectivity index (χ2n) is 5.41. The molecule has 0 atom stereocenters. The van der Waals surface area contributed by atoms with E-state index in [2.05, 4.69) is 18.8 Å². The van der Waals surface area contributed by atoms with Crippen LogP contribution in [0.1, 0.15) is 35.7 Å². The molecule has 0 aliphatic carbocycles. The first-order valence-electron chi connectivity index (χ1n) is 7.01. The van der Waals surface area contributed by atoms with Crippen LogP contribution in [0.4, 0.5) is 5.69 Å². The maximum absolute atomic E-state index is 12.6. The zero-order valence-corrected chi connectivity index (χ0v) is 13.9. The van der Waals surface area contributed by atoms with E-state index in [-0.39, 0.29) is 10.6 Å². The van der Waals surface area contributed by atoms with Crippen molar-refractivity contribution >= 4 is 21.7 Å². The van der Waals surface area contributed by atoms with Gasteiger partial charge in [-0.3, -0.25) is 4.31 Å². The molecule has 2 rings (SSSR count). The minimum Gasteiger partial charge on any atom is -0.478 e. The van der Waals surface area contributed by atoms with Crippen LogP contribution >= 0.6 is 0 Å². The van der Waals surface area contributed by atoms with Gasteiger partial charge < -0.3 is 5.11 Å². The number of benzene rings is 1. The zero-order valence-electron chi connectivity index (χ0n) is 13.1. The lowest BCUT2D eigenvalue weighted by atomic mass is 10.0. The van der Waals surface area contributed by atoms with E-state index in [4.69, 9.17) is 5.11 Å². The number of carbonyl (C=O) groups is 1. The van der Waals surface area contributed by atoms with Crippen LogP contribution in [0.3, 0.4) is 0 Å². The van der Waals surface area contributed by atoms with E-state index in [1.165, 1.54) is 19.3 Å². The van der Waals surface area contributed by atoms with Gasteiger partial charge in [0.05, 0.1) is 11.3 Å². The van der Waals surface area contributed by atoms with Crippen LogP contribution in [-0.2, 0) is 10.0 Å². The largest absolute Gasteiger partial charge is 0.478 e. The third kappa shape index (κ3) is 3.50. The molecule has 1 aromatic carbocycles. The molecule has 0 aliphatic heterocycles. The Morgan fingerprint density at radius 3 is 2.30 bits per heavy atom. The van der Waals surface area contributed by atoms with Crippen molar-refractivity contribution in [1.29, 1.82) is 0 Å². The summed E-state index contributed by atoms with van der Waals surface area (Å²) in [5.41, 5.74) is 1.46. The lowest BCUT2D eigenvalue weighted by molar-refractivity contribution is 0.0696. The quantitative estimate of drug-likeness (QED) is 0.908. The molecule has 0 fully saturated rings. The summed E-state index contributed by atoms with van der Waals surface area (Å²) >= 11 is 0. The molecule has 0 unspecified atom stereocenters. The van der Waals surface area contributed by atoms with Gasteiger partial charge in [-0.2, -0.15) is 8.42 Å². The Kier molecular flexibility index (Phi) is 4.70. The second kappa shape index (κ2) is 6.37. The average Bonchev–Trinajstić information content (AvgIpc) is 2.54. The molecule has 0 saturated carbocycles. The Balaban J connectivity index is 2.38. The van der Waals surface area contributed by atoms with Gasteiger partial charge in [0.2, 0.25) is 0 Å². The smallest absolute Gasteiger partial charge is 0.335 e. The summed E-state index contributed by atoms with van der Waals surface area (Å²) in [6.45, 7) is 4.10. The van der Waals surface area contributed by atoms with E-state index in [1.807, 2.05) is 12.1 Å². The lowest BCUT2D eigenvalue weighted by Gasteiger charge is -2.19. The van der Waals surface area contributed by atoms with Crippen LogP contribution in [0.5, 0.6) is 0 Å². The summed E-state index contributed by atoms with van der Waals surface area (Å²) in [5.74, 6) is -0.854. The summed E-state index contributed by atoms with van der Waals surface area (Å²) < 4.78 is 26.3. The van der Waals surface area contributed by atoms with Crippen LogP contribution in [0, 0.1) is 0 Å². The summed E-state index contributed by atoms with van der Waals surface area (Å²) in [4.78, 5) is 14.8. The molecular formula is C16H18N2O4S. The van der Waals surface area contributed by atoms with Crippen LogP contribution in [0.25, 0.3) is 0 Å². The Hall–Kier alpha value is -2.41. The summed E-state index contributed by atoms with van der Waals surface area (Å²) in [6.07, 6.45) is 1.17. The van der Waals surface area contributed by atoms with E-state index >= 15 is 0 Å². The van der Waals surface area contributed by atoms with E-state index in [0.29, 0.717) is 11.6 Å². The maximum atomic E-state index is 12.6. The van der Waals surface area contributed by atoms with Crippen LogP contribution in [0.2, 0.25) is 0 Å². The average molecular weight is 334 g/mol. The third-order valence-corrected chi connectivity index (χ3v) is 5.21. The molecule has 7 heteroatoms. The highest BCUT2D eigenvalue weighted by Crippen LogP contribution is 2.24. The minimum atomic E-state index is -3.92. The second-order valence-corrected chi connectivity index (χ2v) is 7.32. The van der Waals surface area contributed by atoms with Crippen LogP contribution < -0.4 is 4.31 Å². The van der Waals surface area contributed by atoms with Crippen molar-refractivity contribution in [3.8, 4) is 0 Å². The van der Waals surface area contributed by atoms with Crippen molar-refractivity contribution in [3.05, 3.63) is 53.7 Å². The number of sulfonamides is 1. The van der Waals surface area contributed by atoms with E-state index in [9.17, 15) is 13.2 Å². The van der Waals surface area contributed by atoms with Crippen molar-refractivity contribution in [3.63, 3.8) is 0 Å². The predicted molar refractivity (Wildman–Crippen MR) is 87.3 cm³/mol. The molecule has 0 aliphatic rings. The van der Waals surface area contributed by atoms with Gasteiger partial charge in [-0.15, -0.1) is 0 Å². The molecule has 23 heavy (non-hydrogen) atoms. The Labute approximate surface area is 135 Å². The van der Waals surface area contributed by atoms with Gasteiger partial charge in [0.25, 0.3) is 10.0 Å². The summed E-state index contributed by atoms with van der Waals surface area (Å²) in [6, 6.07) is 9.47. The maximum Gasteiger partial charge on any atom is 0.335 e. The van der Waals surface area contributed by atoms with Gasteiger partial charge in [-0.25, -0.2) is 9.78 Å². The molecule has 1 aromatic heterocycles. The first-order valence-corrected chi connectivity index (χ1v) is 8.45. The van der Waals surface area contributed by atoms with Crippen molar-refractivity contribution in [2.24, 2.45) is 0 Å². The van der Waals surface area contributed by atoms with E-state index < -0.39 is 16.0 Å². The van der Waals surface area contributed by atoms with Crippen molar-refractivity contribution in [2.75, 3.05) is 11.4 Å². The molecule has 0 amide bonds. The van der Waals surface area contributed by atoms with Crippen molar-refractivity contribution in [2.45, 2.75) is 24.8 Å². The highest BCUT2D eigenvalue weighted by molar-refractivity contribution is 7.92. The number of nitrogens with zero attached hydrogens (tertiary/aromatic N) is 2. The van der Waals surface area contributed by atoms with Gasteiger partial charge >= 0.3 is 5.97 Å². The SMILES string of the molecule is CC(C)c1ccc(N(C)S(=O)(=O)c2cc(C(=O)O)ccn2)cc1. The molecule has 1 heterocycles. The topological polar surface area (TPSA) is 87.6 Å². The molecule has 0 saturated heterocycles. The Morgan fingerprint density at radius 2 is 1.78 bits per heavy atom. The fourth-order valence-corrected chi connectivity index (χ4v) is 3.18. The number of pyridine rings is 1. The number of carboxylic acids is 1. The summed E-state index contributed by atoms with van der Waals surface area (Å²) in [7, 11) is -2.51. The molecule has 0 spiro atoms. The van der Waals surface area contributed by atoms with Crippen molar-refractivity contribution < 1.29 is 18.3 Å². The highest BCUT2D eigenvalue weighted by Gasteiger charge is 2.24. The van der Waals surface area contributed by atoms with Gasteiger partial charge in [-0.05, 0) is 35.7 Å². The van der Waals surface area contributed by atoms with Crippen molar-refractivity contribution in [1.82, 2.24) is 4.98 Å². The lowest BCUT2D eigenvalue weighted by Crippen LogP contribution is -2.27. The molecule has 2 aromatic rings. The fraction of sp³-hybridized carbons (Fsp3) is 0.250. The molecule has 1 N–H and O–H groups in total. The van der Waals surface area contributed by atoms with Gasteiger partial charge in [0.15, 0.2) is 5.03 Å². The predicted octanol–water partition coefficient (Wildman–Crippen LogP) is 2.73. The normalized spacial score (nSPS) is 11.5. The number of carboxylic acid groups (broad SMARTS) is 1. The van der Waals surface area contributed by atoms with Gasteiger partial charge in [0.1, 0.15) is 0 Å². The van der Waals surface area contributed by atoms with Gasteiger partial charge in [0, 0.05) is 13.2 Å². The Bertz CT molecular complexity index is 814. The fourth-order valence-electron chi connectivity index (χ4n) is 2.03. The molecular weight excluding hydrogens is 316 g/mol. The number of rotatable bonds is 5. The molecule has 122 valence electrons. The third-order valence-electron chi connectivity index (χ3n) is 3.53. The first kappa shape index (κ1) is 17.0. The minimum absolute atomic E-state index is 0.123. The van der Waals surface area contributed by atoms with E-state index in [1.54, 1.807) is 12.1 Å². The molecule has 0 bridgehead atoms. The molecule has 6 nitrogen and oxygen atoms in total. The zero-order chi connectivity index (χ0) is 17.2. The van der Waals surface area contributed by atoms with E-state index in [0.717, 1.165) is 15.9 Å². The standard InChI is InChI=1S/C16H18N2O4S/c1-11(2)12-4-6-14(7-5-12)18(3)23(21,22)15-10-13(16(19)20)8-9-17-15/h4-11H,1-3H3,(H,19,20). The highest BCUT2D eigenvalue weighted by atomic mass is 32.2. The van der Waals surface area contributed by atoms with Gasteiger partial charge in [-0.1, -0.05) is 26.0 Å². The Morgan fingerprint density at radius 1 is 1.17 bits per heavy atom. The first-order chi connectivity index (χ1) is 10.7. The summed E-state index contributed by atoms with van der Waals surface area (Å²) in [5, 5.41) is 8.68. The number of aromatic carboxylic acids is 1. The molecule has 0 radical (unpaired) electrons. The van der Waals surface area contributed by atoms with Crippen LogP contribution in [0.15, 0.2) is 47.6 Å². The van der Waals surface area contributed by atoms with Crippen LogP contribution in [-0.4, -0.2) is 31.5 Å². The number of anilines is 1. The number of hydrogen-bond donors (Lipinski definition) is 1. The number of aromatic nitrogens is 1. The number of hydrogen-bond acceptors (Lipinski definition) is 4.